The number of phenols is 1. The first-order valence-electron chi connectivity index (χ1n) is 10.6. The summed E-state index contributed by atoms with van der Waals surface area (Å²) in [6, 6.07) is -0.454. The van der Waals surface area contributed by atoms with Crippen molar-refractivity contribution in [1.82, 2.24) is 16.0 Å². The normalized spacial score (nSPS) is 13.9. The number of carbonyl (C=O) groups excluding carboxylic acids is 4. The zero-order valence-electron chi connectivity index (χ0n) is 19.0. The van der Waals surface area contributed by atoms with Gasteiger partial charge in [-0.3, -0.25) is 24.0 Å². The Morgan fingerprint density at radius 1 is 0.833 bits per heavy atom. The van der Waals surface area contributed by atoms with E-state index in [2.05, 4.69) is 10.6 Å². The van der Waals surface area contributed by atoms with E-state index in [4.69, 9.17) is 26.8 Å². The molecule has 0 aromatic heterocycles. The van der Waals surface area contributed by atoms with E-state index >= 15 is 0 Å². The Balaban J connectivity index is 3.11. The lowest BCUT2D eigenvalue weighted by Gasteiger charge is -2.24. The molecule has 0 radical (unpaired) electrons. The summed E-state index contributed by atoms with van der Waals surface area (Å²) < 4.78 is 0. The summed E-state index contributed by atoms with van der Waals surface area (Å²) in [6.45, 7) is -0.966. The molecule has 0 aliphatic heterocycles. The molecule has 198 valence electrons. The zero-order valence-corrected chi connectivity index (χ0v) is 19.0. The number of carbonyl (C=O) groups is 6. The molecule has 0 aliphatic rings. The Bertz CT molecular complexity index is 968. The van der Waals surface area contributed by atoms with Crippen LogP contribution in [0.25, 0.3) is 0 Å². The van der Waals surface area contributed by atoms with Gasteiger partial charge in [0.05, 0.1) is 19.1 Å². The Hall–Kier alpha value is -4.24. The predicted octanol–water partition coefficient (Wildman–Crippen LogP) is -3.47. The highest BCUT2D eigenvalue weighted by Gasteiger charge is 2.31. The number of aromatic hydroxyl groups is 1. The average Bonchev–Trinajstić information content (AvgIpc) is 2.80. The Morgan fingerprint density at radius 3 is 1.86 bits per heavy atom. The molecule has 1 aromatic rings. The Labute approximate surface area is 204 Å². The monoisotopic (exact) mass is 511 g/mol. The molecule has 0 spiro atoms. The van der Waals surface area contributed by atoms with Gasteiger partial charge in [0.1, 0.15) is 23.9 Å². The lowest BCUT2D eigenvalue weighted by atomic mass is 10.0. The maximum atomic E-state index is 13.0. The number of primary amides is 1. The van der Waals surface area contributed by atoms with E-state index in [0.29, 0.717) is 5.56 Å². The van der Waals surface area contributed by atoms with Gasteiger partial charge in [-0.2, -0.15) is 0 Å². The fourth-order valence-corrected chi connectivity index (χ4v) is 2.91. The van der Waals surface area contributed by atoms with Crippen LogP contribution < -0.4 is 27.4 Å². The first-order chi connectivity index (χ1) is 16.8. The third-order valence-corrected chi connectivity index (χ3v) is 4.85. The van der Waals surface area contributed by atoms with E-state index in [1.807, 2.05) is 5.32 Å². The maximum Gasteiger partial charge on any atom is 0.328 e. The van der Waals surface area contributed by atoms with Gasteiger partial charge in [0.15, 0.2) is 0 Å². The molecule has 0 fully saturated rings. The number of benzene rings is 1. The van der Waals surface area contributed by atoms with Gasteiger partial charge in [-0.15, -0.1) is 0 Å². The molecule has 11 N–H and O–H groups in total. The number of carboxylic acids is 2. The van der Waals surface area contributed by atoms with Crippen molar-refractivity contribution in [3.05, 3.63) is 29.8 Å². The van der Waals surface area contributed by atoms with Gasteiger partial charge in [0, 0.05) is 12.8 Å². The summed E-state index contributed by atoms with van der Waals surface area (Å²) in [5, 5.41) is 42.9. The molecule has 0 saturated heterocycles. The fraction of sp³-hybridized carbons (Fsp3) is 0.429. The largest absolute Gasteiger partial charge is 0.508 e. The van der Waals surface area contributed by atoms with Gasteiger partial charge in [0.2, 0.25) is 23.6 Å². The number of rotatable bonds is 15. The molecule has 0 heterocycles. The van der Waals surface area contributed by atoms with Crippen LogP contribution in [-0.2, 0) is 35.2 Å². The van der Waals surface area contributed by atoms with E-state index in [9.17, 15) is 33.9 Å². The fourth-order valence-electron chi connectivity index (χ4n) is 2.91. The number of aliphatic hydroxyl groups is 1. The van der Waals surface area contributed by atoms with Crippen molar-refractivity contribution < 1.29 is 49.2 Å². The summed E-state index contributed by atoms with van der Waals surface area (Å²) in [6.07, 6.45) is -1.52. The minimum atomic E-state index is -1.72. The van der Waals surface area contributed by atoms with Crippen molar-refractivity contribution >= 4 is 35.6 Å². The van der Waals surface area contributed by atoms with Gasteiger partial charge in [-0.05, 0) is 24.1 Å². The summed E-state index contributed by atoms with van der Waals surface area (Å²) in [4.78, 5) is 71.2. The van der Waals surface area contributed by atoms with Gasteiger partial charge in [-0.1, -0.05) is 12.1 Å². The van der Waals surface area contributed by atoms with E-state index in [1.165, 1.54) is 24.3 Å². The molecule has 4 atom stereocenters. The predicted molar refractivity (Wildman–Crippen MR) is 121 cm³/mol. The maximum absolute atomic E-state index is 13.0. The van der Waals surface area contributed by atoms with Crippen LogP contribution in [0, 0.1) is 0 Å². The van der Waals surface area contributed by atoms with Crippen LogP contribution >= 0.6 is 0 Å². The molecule has 0 saturated carbocycles. The number of hydrogen-bond donors (Lipinski definition) is 9. The van der Waals surface area contributed by atoms with Gasteiger partial charge < -0.3 is 47.8 Å². The smallest absolute Gasteiger partial charge is 0.328 e. The highest BCUT2D eigenvalue weighted by Crippen LogP contribution is 2.12. The first-order valence-corrected chi connectivity index (χ1v) is 10.6. The van der Waals surface area contributed by atoms with Crippen LogP contribution in [-0.4, -0.2) is 86.8 Å². The number of aliphatic hydroxyl groups excluding tert-OH is 1. The van der Waals surface area contributed by atoms with Crippen molar-refractivity contribution in [1.29, 1.82) is 0 Å². The van der Waals surface area contributed by atoms with Gasteiger partial charge in [0.25, 0.3) is 0 Å². The SMILES string of the molecule is NC(=O)CC(NC(=O)C(Cc1ccc(O)cc1)NC(=O)C(N)CCC(=O)O)C(=O)NC(CO)C(=O)O. The van der Waals surface area contributed by atoms with Gasteiger partial charge in [-0.25, -0.2) is 4.79 Å². The van der Waals surface area contributed by atoms with E-state index in [0.717, 1.165) is 0 Å². The second kappa shape index (κ2) is 14.2. The molecular weight excluding hydrogens is 482 g/mol. The molecule has 0 bridgehead atoms. The minimum Gasteiger partial charge on any atom is -0.508 e. The number of aliphatic carboxylic acids is 2. The van der Waals surface area contributed by atoms with Crippen LogP contribution in [0.1, 0.15) is 24.8 Å². The molecule has 15 nitrogen and oxygen atoms in total. The topological polar surface area (TPSA) is 271 Å². The third kappa shape index (κ3) is 10.4. The Kier molecular flexibility index (Phi) is 11.8. The molecule has 15 heteroatoms. The van der Waals surface area contributed by atoms with Crippen molar-refractivity contribution in [2.45, 2.75) is 49.9 Å². The summed E-state index contributed by atoms with van der Waals surface area (Å²) in [5.41, 5.74) is 11.3. The highest BCUT2D eigenvalue weighted by molar-refractivity contribution is 5.96. The summed E-state index contributed by atoms with van der Waals surface area (Å²) in [7, 11) is 0. The quantitative estimate of drug-likeness (QED) is 0.112. The van der Waals surface area contributed by atoms with E-state index < -0.39 is 79.2 Å². The Morgan fingerprint density at radius 2 is 1.36 bits per heavy atom. The molecule has 4 amide bonds. The lowest BCUT2D eigenvalue weighted by molar-refractivity contribution is -0.143. The number of hydrogen-bond acceptors (Lipinski definition) is 9. The molecule has 0 aliphatic carbocycles. The number of amides is 4. The van der Waals surface area contributed by atoms with Crippen molar-refractivity contribution in [3.8, 4) is 5.75 Å². The van der Waals surface area contributed by atoms with E-state index in [-0.39, 0.29) is 18.6 Å². The van der Waals surface area contributed by atoms with Crippen LogP contribution in [0.2, 0.25) is 0 Å². The zero-order chi connectivity index (χ0) is 27.4. The number of nitrogens with two attached hydrogens (primary N) is 2. The molecule has 1 rings (SSSR count). The van der Waals surface area contributed by atoms with Crippen LogP contribution in [0.3, 0.4) is 0 Å². The summed E-state index contributed by atoms with van der Waals surface area (Å²) >= 11 is 0. The van der Waals surface area contributed by atoms with Gasteiger partial charge >= 0.3 is 11.9 Å². The van der Waals surface area contributed by atoms with Crippen LogP contribution in [0.4, 0.5) is 0 Å². The molecule has 4 unspecified atom stereocenters. The summed E-state index contributed by atoms with van der Waals surface area (Å²) in [5.74, 6) is -6.79. The van der Waals surface area contributed by atoms with E-state index in [1.54, 1.807) is 0 Å². The van der Waals surface area contributed by atoms with Crippen molar-refractivity contribution in [2.75, 3.05) is 6.61 Å². The molecule has 36 heavy (non-hydrogen) atoms. The average molecular weight is 511 g/mol. The highest BCUT2D eigenvalue weighted by atomic mass is 16.4. The third-order valence-electron chi connectivity index (χ3n) is 4.85. The molecular formula is C21H29N5O10. The van der Waals surface area contributed by atoms with Crippen LogP contribution in [0.15, 0.2) is 24.3 Å². The number of phenolic OH excluding ortho intramolecular Hbond substituents is 1. The number of nitrogens with one attached hydrogen (secondary N) is 3. The van der Waals surface area contributed by atoms with Crippen molar-refractivity contribution in [3.63, 3.8) is 0 Å². The second-order valence-electron chi connectivity index (χ2n) is 7.78. The minimum absolute atomic E-state index is 0.0606. The van der Waals surface area contributed by atoms with Crippen molar-refractivity contribution in [2.24, 2.45) is 11.5 Å². The first kappa shape index (κ1) is 29.8. The standard InChI is InChI=1S/C21H29N5O10/c22-12(5-6-17(30)31)18(32)24-13(7-10-1-3-11(28)4-2-10)19(33)25-14(8-16(23)29)20(34)26-15(9-27)21(35)36/h1-4,12-15,27-28H,5-9,22H2,(H2,23,29)(H,24,32)(H,25,33)(H,26,34)(H,30,31)(H,35,36). The lowest BCUT2D eigenvalue weighted by Crippen LogP contribution is -2.58. The molecule has 1 aromatic carbocycles. The second-order valence-corrected chi connectivity index (χ2v) is 7.78. The number of carboxylic acid groups (broad SMARTS) is 2. The van der Waals surface area contributed by atoms with Crippen LogP contribution in [0.5, 0.6) is 5.75 Å².